The minimum atomic E-state index is -4.33. The Kier molecular flexibility index (Phi) is 4.55. The average Bonchev–Trinajstić information content (AvgIpc) is 2.96. The van der Waals surface area contributed by atoms with Gasteiger partial charge in [-0.25, -0.2) is 4.98 Å². The first-order valence-electron chi connectivity index (χ1n) is 5.90. The van der Waals surface area contributed by atoms with Gasteiger partial charge in [-0.3, -0.25) is 0 Å². The molecule has 0 bridgehead atoms. The zero-order valence-corrected chi connectivity index (χ0v) is 11.6. The lowest BCUT2D eigenvalue weighted by molar-refractivity contribution is -0.137. The first kappa shape index (κ1) is 14.1. The first-order chi connectivity index (χ1) is 8.52. The van der Waals surface area contributed by atoms with Gasteiger partial charge in [-0.15, -0.1) is 11.3 Å². The van der Waals surface area contributed by atoms with Crippen LogP contribution in [0.5, 0.6) is 0 Å². The summed E-state index contributed by atoms with van der Waals surface area (Å²) in [4.78, 5) is 4.20. The molecule has 2 atom stereocenters. The summed E-state index contributed by atoms with van der Waals surface area (Å²) in [6.45, 7) is 2.72. The van der Waals surface area contributed by atoms with Gasteiger partial charge in [-0.2, -0.15) is 24.9 Å². The van der Waals surface area contributed by atoms with E-state index in [4.69, 9.17) is 0 Å². The van der Waals surface area contributed by atoms with Crippen LogP contribution in [-0.4, -0.2) is 22.5 Å². The summed E-state index contributed by atoms with van der Waals surface area (Å²) in [5.74, 6) is 1.09. The highest BCUT2D eigenvalue weighted by Gasteiger charge is 2.36. The van der Waals surface area contributed by atoms with E-state index >= 15 is 0 Å². The molecule has 2 rings (SSSR count). The molecule has 0 radical (unpaired) electrons. The Morgan fingerprint density at radius 1 is 1.56 bits per heavy atom. The van der Waals surface area contributed by atoms with Gasteiger partial charge < -0.3 is 5.32 Å². The normalized spacial score (nSPS) is 22.3. The molecule has 0 aliphatic carbocycles. The predicted octanol–water partition coefficient (Wildman–Crippen LogP) is 3.71. The maximum atomic E-state index is 12.5. The molecule has 1 N–H and O–H groups in total. The molecule has 1 aromatic heterocycles. The van der Waals surface area contributed by atoms with E-state index in [1.165, 1.54) is 6.20 Å². The second-order valence-corrected chi connectivity index (χ2v) is 6.56. The fourth-order valence-electron chi connectivity index (χ4n) is 2.06. The quantitative estimate of drug-likeness (QED) is 0.917. The van der Waals surface area contributed by atoms with E-state index in [9.17, 15) is 13.2 Å². The molecule has 1 aromatic rings. The van der Waals surface area contributed by atoms with Gasteiger partial charge >= 0.3 is 6.18 Å². The molecule has 0 aromatic carbocycles. The van der Waals surface area contributed by atoms with Gasteiger partial charge in [-0.05, 0) is 25.1 Å². The zero-order chi connectivity index (χ0) is 13.2. The Bertz CT molecular complexity index is 386. The third kappa shape index (κ3) is 3.19. The molecule has 0 saturated carbocycles. The Hall–Kier alpha value is -0.270. The van der Waals surface area contributed by atoms with Crippen LogP contribution in [0.25, 0.3) is 0 Å². The van der Waals surface area contributed by atoms with Crippen LogP contribution in [0.15, 0.2) is 6.20 Å². The van der Waals surface area contributed by atoms with Crippen LogP contribution in [0.3, 0.4) is 0 Å². The number of rotatable bonds is 4. The zero-order valence-electron chi connectivity index (χ0n) is 9.96. The highest BCUT2D eigenvalue weighted by atomic mass is 32.2. The molecule has 102 valence electrons. The third-order valence-electron chi connectivity index (χ3n) is 2.83. The third-order valence-corrected chi connectivity index (χ3v) is 5.42. The SMILES string of the molecule is CCNC(c1cnc(C(F)(F)F)s1)C1CCCS1. The molecule has 1 saturated heterocycles. The lowest BCUT2D eigenvalue weighted by Crippen LogP contribution is -2.28. The van der Waals surface area contributed by atoms with Crippen LogP contribution in [-0.2, 0) is 6.18 Å². The molecular weight excluding hydrogens is 281 g/mol. The number of aromatic nitrogens is 1. The smallest absolute Gasteiger partial charge is 0.309 e. The molecular formula is C11H15F3N2S2. The van der Waals surface area contributed by atoms with Gasteiger partial charge in [0.25, 0.3) is 0 Å². The minimum Gasteiger partial charge on any atom is -0.309 e. The van der Waals surface area contributed by atoms with E-state index in [2.05, 4.69) is 10.3 Å². The Labute approximate surface area is 112 Å². The molecule has 1 aliphatic heterocycles. The van der Waals surface area contributed by atoms with E-state index in [1.54, 1.807) is 0 Å². The minimum absolute atomic E-state index is 0.00361. The summed E-state index contributed by atoms with van der Waals surface area (Å²) in [6, 6.07) is -0.00361. The molecule has 18 heavy (non-hydrogen) atoms. The van der Waals surface area contributed by atoms with E-state index in [0.29, 0.717) is 10.1 Å². The van der Waals surface area contributed by atoms with E-state index in [1.807, 2.05) is 18.7 Å². The van der Waals surface area contributed by atoms with Crippen molar-refractivity contribution in [1.82, 2.24) is 10.3 Å². The number of nitrogens with zero attached hydrogens (tertiary/aromatic N) is 1. The standard InChI is InChI=1S/C11H15F3N2S2/c1-2-15-9(7-4-3-5-17-7)8-6-16-10(18-8)11(12,13)14/h6-7,9,15H,2-5H2,1H3. The Morgan fingerprint density at radius 3 is 2.83 bits per heavy atom. The van der Waals surface area contributed by atoms with E-state index in [-0.39, 0.29) is 6.04 Å². The molecule has 7 heteroatoms. The maximum absolute atomic E-state index is 12.5. The van der Waals surface area contributed by atoms with Crippen molar-refractivity contribution in [2.45, 2.75) is 37.2 Å². The fraction of sp³-hybridized carbons (Fsp3) is 0.727. The van der Waals surface area contributed by atoms with Crippen molar-refractivity contribution in [1.29, 1.82) is 0 Å². The fourth-order valence-corrected chi connectivity index (χ4v) is 4.48. The number of alkyl halides is 3. The Balaban J connectivity index is 2.17. The van der Waals surface area contributed by atoms with Crippen molar-refractivity contribution in [3.8, 4) is 0 Å². The van der Waals surface area contributed by atoms with Crippen molar-refractivity contribution in [3.63, 3.8) is 0 Å². The highest BCUT2D eigenvalue weighted by molar-refractivity contribution is 8.00. The summed E-state index contributed by atoms with van der Waals surface area (Å²) in [5.41, 5.74) is 0. The van der Waals surface area contributed by atoms with Crippen molar-refractivity contribution in [2.24, 2.45) is 0 Å². The summed E-state index contributed by atoms with van der Waals surface area (Å²) < 4.78 is 37.6. The highest BCUT2D eigenvalue weighted by Crippen LogP contribution is 2.40. The molecule has 2 unspecified atom stereocenters. The second kappa shape index (κ2) is 5.79. The number of thioether (sulfide) groups is 1. The maximum Gasteiger partial charge on any atom is 0.443 e. The largest absolute Gasteiger partial charge is 0.443 e. The van der Waals surface area contributed by atoms with Crippen LogP contribution in [0.4, 0.5) is 13.2 Å². The molecule has 0 amide bonds. The van der Waals surface area contributed by atoms with E-state index in [0.717, 1.165) is 36.5 Å². The molecule has 2 heterocycles. The van der Waals surface area contributed by atoms with Gasteiger partial charge in [0.15, 0.2) is 5.01 Å². The lowest BCUT2D eigenvalue weighted by atomic mass is 10.1. The van der Waals surface area contributed by atoms with Crippen LogP contribution in [0, 0.1) is 0 Å². The molecule has 0 spiro atoms. The summed E-state index contributed by atoms with van der Waals surface area (Å²) in [5, 5.41) is 2.91. The number of hydrogen-bond acceptors (Lipinski definition) is 4. The van der Waals surface area contributed by atoms with Gasteiger partial charge in [0, 0.05) is 16.3 Å². The van der Waals surface area contributed by atoms with Gasteiger partial charge in [-0.1, -0.05) is 6.92 Å². The van der Waals surface area contributed by atoms with Crippen molar-refractivity contribution >= 4 is 23.1 Å². The Morgan fingerprint density at radius 2 is 2.33 bits per heavy atom. The molecule has 1 aliphatic rings. The van der Waals surface area contributed by atoms with Crippen molar-refractivity contribution in [3.05, 3.63) is 16.1 Å². The average molecular weight is 296 g/mol. The van der Waals surface area contributed by atoms with E-state index < -0.39 is 11.2 Å². The number of hydrogen-bond donors (Lipinski definition) is 1. The summed E-state index contributed by atoms with van der Waals surface area (Å²) in [7, 11) is 0. The topological polar surface area (TPSA) is 24.9 Å². The molecule has 1 fully saturated rings. The number of nitrogens with one attached hydrogen (secondary N) is 1. The summed E-state index contributed by atoms with van der Waals surface area (Å²) in [6.07, 6.45) is -0.758. The van der Waals surface area contributed by atoms with Crippen LogP contribution < -0.4 is 5.32 Å². The summed E-state index contributed by atoms with van der Waals surface area (Å²) >= 11 is 2.60. The van der Waals surface area contributed by atoms with Crippen molar-refractivity contribution < 1.29 is 13.2 Å². The second-order valence-electron chi connectivity index (χ2n) is 4.15. The number of halogens is 3. The predicted molar refractivity (Wildman–Crippen MR) is 69.0 cm³/mol. The van der Waals surface area contributed by atoms with Crippen molar-refractivity contribution in [2.75, 3.05) is 12.3 Å². The van der Waals surface area contributed by atoms with Gasteiger partial charge in [0.05, 0.1) is 6.04 Å². The first-order valence-corrected chi connectivity index (χ1v) is 7.76. The van der Waals surface area contributed by atoms with Crippen LogP contribution in [0.1, 0.15) is 35.7 Å². The van der Waals surface area contributed by atoms with Gasteiger partial charge in [0.2, 0.25) is 0 Å². The van der Waals surface area contributed by atoms with Gasteiger partial charge in [0.1, 0.15) is 0 Å². The monoisotopic (exact) mass is 296 g/mol. The molecule has 2 nitrogen and oxygen atoms in total. The number of thiazole rings is 1. The van der Waals surface area contributed by atoms with Crippen LogP contribution >= 0.6 is 23.1 Å². The van der Waals surface area contributed by atoms with Crippen LogP contribution in [0.2, 0.25) is 0 Å². The lowest BCUT2D eigenvalue weighted by Gasteiger charge is -2.22.